The summed E-state index contributed by atoms with van der Waals surface area (Å²) in [5, 5.41) is 7.27. The van der Waals surface area contributed by atoms with Gasteiger partial charge in [0.2, 0.25) is 0 Å². The van der Waals surface area contributed by atoms with Crippen LogP contribution < -0.4 is 15.4 Å². The second-order valence-corrected chi connectivity index (χ2v) is 8.38. The van der Waals surface area contributed by atoms with Gasteiger partial charge in [0.15, 0.2) is 0 Å². The number of thiazole rings is 1. The molecule has 1 amide bonds. The van der Waals surface area contributed by atoms with Gasteiger partial charge < -0.3 is 20.4 Å². The Morgan fingerprint density at radius 1 is 1.28 bits per heavy atom. The number of carbonyl (C=O) groups is 1. The number of aromatic amines is 1. The number of rotatable bonds is 7. The maximum Gasteiger partial charge on any atom is 0.257 e. The van der Waals surface area contributed by atoms with Crippen molar-refractivity contribution in [1.29, 1.82) is 0 Å². The largest absolute Gasteiger partial charge is 0.492 e. The molecule has 0 saturated carbocycles. The summed E-state index contributed by atoms with van der Waals surface area (Å²) in [5.41, 5.74) is 4.42. The van der Waals surface area contributed by atoms with E-state index in [1.54, 1.807) is 11.3 Å². The Balaban J connectivity index is 1.49. The molecule has 4 rings (SSSR count). The first-order valence-corrected chi connectivity index (χ1v) is 10.9. The highest BCUT2D eigenvalue weighted by Gasteiger charge is 2.25. The van der Waals surface area contributed by atoms with Crippen molar-refractivity contribution in [3.8, 4) is 17.0 Å². The highest BCUT2D eigenvalue weighted by Crippen LogP contribution is 2.37. The van der Waals surface area contributed by atoms with E-state index in [2.05, 4.69) is 22.5 Å². The smallest absolute Gasteiger partial charge is 0.257 e. The molecule has 0 spiro atoms. The van der Waals surface area contributed by atoms with Gasteiger partial charge in [-0.15, -0.1) is 11.3 Å². The number of anilines is 1. The second-order valence-electron chi connectivity index (χ2n) is 7.09. The first kappa shape index (κ1) is 19.7. The van der Waals surface area contributed by atoms with Crippen LogP contribution in [0.2, 0.25) is 0 Å². The van der Waals surface area contributed by atoms with E-state index in [9.17, 15) is 4.79 Å². The number of hydrogen-bond donors (Lipinski definition) is 3. The topological polar surface area (TPSA) is 79.0 Å². The van der Waals surface area contributed by atoms with Crippen LogP contribution in [-0.2, 0) is 12.8 Å². The molecular formula is C22H26N4O2S. The summed E-state index contributed by atoms with van der Waals surface area (Å²) in [6.45, 7) is 6.44. The summed E-state index contributed by atoms with van der Waals surface area (Å²) >= 11 is 1.73. The number of aromatic nitrogens is 2. The minimum absolute atomic E-state index is 0.123. The van der Waals surface area contributed by atoms with Crippen molar-refractivity contribution in [3.05, 3.63) is 51.6 Å². The fraction of sp³-hybridized carbons (Fsp3) is 0.364. The third-order valence-electron chi connectivity index (χ3n) is 4.99. The summed E-state index contributed by atoms with van der Waals surface area (Å²) in [6.07, 6.45) is 4.82. The summed E-state index contributed by atoms with van der Waals surface area (Å²) in [4.78, 5) is 22.3. The van der Waals surface area contributed by atoms with E-state index >= 15 is 0 Å². The fourth-order valence-corrected chi connectivity index (χ4v) is 4.61. The van der Waals surface area contributed by atoms with Gasteiger partial charge >= 0.3 is 0 Å². The molecule has 0 fully saturated rings. The lowest BCUT2D eigenvalue weighted by molar-refractivity contribution is 0.102. The zero-order valence-electron chi connectivity index (χ0n) is 16.8. The molecule has 0 radical (unpaired) electrons. The van der Waals surface area contributed by atoms with Crippen LogP contribution in [0.4, 0.5) is 5.69 Å². The zero-order valence-corrected chi connectivity index (χ0v) is 17.6. The van der Waals surface area contributed by atoms with Crippen molar-refractivity contribution < 1.29 is 9.53 Å². The third-order valence-corrected chi connectivity index (χ3v) is 6.02. The molecule has 152 valence electrons. The molecule has 7 heteroatoms. The van der Waals surface area contributed by atoms with E-state index in [1.165, 1.54) is 4.88 Å². The van der Waals surface area contributed by atoms with Crippen molar-refractivity contribution in [2.75, 3.05) is 25.0 Å². The van der Waals surface area contributed by atoms with E-state index in [4.69, 9.17) is 9.72 Å². The van der Waals surface area contributed by atoms with E-state index < -0.39 is 0 Å². The standard InChI is InChI=1S/C22H26N4O2S/c1-3-23-11-12-28-16-9-7-15(8-10-16)26-22(27)17-13-24-18-5-4-6-19-21(20(17)18)25-14(2)29-19/h7-10,13,23-24H,3-6,11-12H2,1-2H3,(H,26,27). The minimum atomic E-state index is -0.123. The summed E-state index contributed by atoms with van der Waals surface area (Å²) in [5.74, 6) is 0.667. The molecule has 3 N–H and O–H groups in total. The molecule has 2 heterocycles. The number of benzene rings is 1. The van der Waals surface area contributed by atoms with Gasteiger partial charge in [-0.1, -0.05) is 6.92 Å². The van der Waals surface area contributed by atoms with Crippen LogP contribution in [0.1, 0.15) is 39.3 Å². The molecule has 0 saturated heterocycles. The average molecular weight is 411 g/mol. The van der Waals surface area contributed by atoms with E-state index in [0.29, 0.717) is 12.2 Å². The monoisotopic (exact) mass is 410 g/mol. The lowest BCUT2D eigenvalue weighted by Gasteiger charge is -2.09. The van der Waals surface area contributed by atoms with Gasteiger partial charge in [0.1, 0.15) is 12.4 Å². The van der Waals surface area contributed by atoms with Crippen molar-refractivity contribution in [1.82, 2.24) is 15.3 Å². The van der Waals surface area contributed by atoms with Crippen LogP contribution in [-0.4, -0.2) is 35.6 Å². The average Bonchev–Trinajstić information content (AvgIpc) is 3.25. The number of amides is 1. The number of likely N-dealkylation sites (N-methyl/N-ethyl adjacent to an activating group) is 1. The van der Waals surface area contributed by atoms with Crippen LogP contribution in [0.15, 0.2) is 30.5 Å². The number of carbonyl (C=O) groups excluding carboxylic acids is 1. The van der Waals surface area contributed by atoms with Gasteiger partial charge in [-0.05, 0) is 57.0 Å². The van der Waals surface area contributed by atoms with Crippen molar-refractivity contribution >= 4 is 22.9 Å². The summed E-state index contributed by atoms with van der Waals surface area (Å²) < 4.78 is 5.68. The number of aryl methyl sites for hydroxylation is 3. The molecule has 1 aliphatic carbocycles. The number of ether oxygens (including phenoxy) is 1. The predicted octanol–water partition coefficient (Wildman–Crippen LogP) is 4.18. The van der Waals surface area contributed by atoms with E-state index in [0.717, 1.165) is 65.7 Å². The van der Waals surface area contributed by atoms with Gasteiger partial charge in [0, 0.05) is 34.6 Å². The molecule has 1 aliphatic rings. The van der Waals surface area contributed by atoms with Crippen LogP contribution in [0, 0.1) is 6.92 Å². The Morgan fingerprint density at radius 2 is 2.10 bits per heavy atom. The Bertz CT molecular complexity index is 991. The number of fused-ring (bicyclic) bond motifs is 3. The molecule has 2 aromatic heterocycles. The Hall–Kier alpha value is -2.64. The van der Waals surface area contributed by atoms with E-state index in [-0.39, 0.29) is 5.91 Å². The van der Waals surface area contributed by atoms with Crippen molar-refractivity contribution in [3.63, 3.8) is 0 Å². The lowest BCUT2D eigenvalue weighted by Crippen LogP contribution is -2.20. The molecule has 0 aliphatic heterocycles. The molecule has 6 nitrogen and oxygen atoms in total. The maximum atomic E-state index is 13.0. The number of nitrogens with zero attached hydrogens (tertiary/aromatic N) is 1. The SMILES string of the molecule is CCNCCOc1ccc(NC(=O)c2c[nH]c3c2-c2nc(C)sc2CCC3)cc1. The van der Waals surface area contributed by atoms with Crippen molar-refractivity contribution in [2.45, 2.75) is 33.1 Å². The highest BCUT2D eigenvalue weighted by molar-refractivity contribution is 7.12. The Morgan fingerprint density at radius 3 is 2.90 bits per heavy atom. The van der Waals surface area contributed by atoms with Gasteiger partial charge in [0.05, 0.1) is 16.3 Å². The third kappa shape index (κ3) is 4.36. The molecular weight excluding hydrogens is 384 g/mol. The van der Waals surface area contributed by atoms with Crippen LogP contribution in [0.5, 0.6) is 5.75 Å². The maximum absolute atomic E-state index is 13.0. The molecule has 0 atom stereocenters. The molecule has 0 unspecified atom stereocenters. The minimum Gasteiger partial charge on any atom is -0.492 e. The lowest BCUT2D eigenvalue weighted by atomic mass is 10.1. The quantitative estimate of drug-likeness (QED) is 0.511. The Kier molecular flexibility index (Phi) is 5.97. The van der Waals surface area contributed by atoms with Crippen LogP contribution >= 0.6 is 11.3 Å². The van der Waals surface area contributed by atoms with Gasteiger partial charge in [-0.25, -0.2) is 4.98 Å². The number of nitrogens with one attached hydrogen (secondary N) is 3. The van der Waals surface area contributed by atoms with Crippen LogP contribution in [0.3, 0.4) is 0 Å². The number of H-pyrrole nitrogens is 1. The molecule has 29 heavy (non-hydrogen) atoms. The second kappa shape index (κ2) is 8.80. The van der Waals surface area contributed by atoms with E-state index in [1.807, 2.05) is 37.4 Å². The van der Waals surface area contributed by atoms with Gasteiger partial charge in [-0.2, -0.15) is 0 Å². The van der Waals surface area contributed by atoms with Crippen molar-refractivity contribution in [2.24, 2.45) is 0 Å². The fourth-order valence-electron chi connectivity index (χ4n) is 3.62. The Labute approximate surface area is 174 Å². The first-order valence-electron chi connectivity index (χ1n) is 10.1. The highest BCUT2D eigenvalue weighted by atomic mass is 32.1. The summed E-state index contributed by atoms with van der Waals surface area (Å²) in [6, 6.07) is 7.48. The van der Waals surface area contributed by atoms with Gasteiger partial charge in [0.25, 0.3) is 5.91 Å². The molecule has 1 aromatic carbocycles. The predicted molar refractivity (Wildman–Crippen MR) is 117 cm³/mol. The first-order chi connectivity index (χ1) is 14.2. The zero-order chi connectivity index (χ0) is 20.2. The van der Waals surface area contributed by atoms with Crippen LogP contribution in [0.25, 0.3) is 11.3 Å². The molecule has 3 aromatic rings. The summed E-state index contributed by atoms with van der Waals surface area (Å²) in [7, 11) is 0. The number of hydrogen-bond acceptors (Lipinski definition) is 5. The normalized spacial score (nSPS) is 12.8. The van der Waals surface area contributed by atoms with Gasteiger partial charge in [-0.3, -0.25) is 4.79 Å². The molecule has 0 bridgehead atoms.